The van der Waals surface area contributed by atoms with Gasteiger partial charge in [0.15, 0.2) is 6.61 Å². The zero-order valence-corrected chi connectivity index (χ0v) is 16.6. The van der Waals surface area contributed by atoms with Crippen LogP contribution in [-0.4, -0.2) is 36.6 Å². The SMILES string of the molecule is COC(=O)C(Cc1c[nH]c2ccccc12)NC(=O)COc1ccc2ccccc2c1. The van der Waals surface area contributed by atoms with E-state index >= 15 is 0 Å². The number of nitrogens with one attached hydrogen (secondary N) is 2. The first kappa shape index (κ1) is 19.5. The van der Waals surface area contributed by atoms with Gasteiger partial charge in [-0.15, -0.1) is 0 Å². The number of fused-ring (bicyclic) bond motifs is 2. The summed E-state index contributed by atoms with van der Waals surface area (Å²) >= 11 is 0. The molecule has 0 aliphatic heterocycles. The van der Waals surface area contributed by atoms with E-state index in [1.807, 2.05) is 72.9 Å². The van der Waals surface area contributed by atoms with Crippen LogP contribution in [0.4, 0.5) is 0 Å². The third kappa shape index (κ3) is 4.27. The van der Waals surface area contributed by atoms with Crippen molar-refractivity contribution in [2.24, 2.45) is 0 Å². The van der Waals surface area contributed by atoms with Crippen LogP contribution in [-0.2, 0) is 20.7 Å². The number of rotatable bonds is 7. The highest BCUT2D eigenvalue weighted by Crippen LogP contribution is 2.21. The number of amides is 1. The minimum Gasteiger partial charge on any atom is -0.484 e. The summed E-state index contributed by atoms with van der Waals surface area (Å²) in [6.07, 6.45) is 2.16. The van der Waals surface area contributed by atoms with Gasteiger partial charge in [-0.25, -0.2) is 4.79 Å². The van der Waals surface area contributed by atoms with Gasteiger partial charge < -0.3 is 19.8 Å². The summed E-state index contributed by atoms with van der Waals surface area (Å²) in [6, 6.07) is 20.6. The van der Waals surface area contributed by atoms with Crippen molar-refractivity contribution in [2.45, 2.75) is 12.5 Å². The van der Waals surface area contributed by atoms with Crippen molar-refractivity contribution < 1.29 is 19.1 Å². The van der Waals surface area contributed by atoms with Crippen LogP contribution in [0.1, 0.15) is 5.56 Å². The Hall–Kier alpha value is -3.80. The van der Waals surface area contributed by atoms with Crippen molar-refractivity contribution in [1.82, 2.24) is 10.3 Å². The Bertz CT molecular complexity index is 1200. The monoisotopic (exact) mass is 402 g/mol. The number of carbonyl (C=O) groups is 2. The van der Waals surface area contributed by atoms with E-state index in [1.165, 1.54) is 7.11 Å². The largest absolute Gasteiger partial charge is 0.484 e. The predicted molar refractivity (Wildman–Crippen MR) is 115 cm³/mol. The molecule has 1 atom stereocenters. The molecule has 0 radical (unpaired) electrons. The first-order valence-corrected chi connectivity index (χ1v) is 9.68. The van der Waals surface area contributed by atoms with E-state index in [4.69, 9.17) is 9.47 Å². The van der Waals surface area contributed by atoms with Crippen LogP contribution in [0, 0.1) is 0 Å². The third-order valence-electron chi connectivity index (χ3n) is 5.01. The number of hydrogen-bond donors (Lipinski definition) is 2. The second-order valence-electron chi connectivity index (χ2n) is 7.00. The van der Waals surface area contributed by atoms with E-state index < -0.39 is 17.9 Å². The number of carbonyl (C=O) groups excluding carboxylic acids is 2. The number of aromatic nitrogens is 1. The summed E-state index contributed by atoms with van der Waals surface area (Å²) < 4.78 is 10.5. The molecule has 0 saturated carbocycles. The highest BCUT2D eigenvalue weighted by molar-refractivity contribution is 5.88. The number of para-hydroxylation sites is 1. The molecule has 6 nitrogen and oxygen atoms in total. The number of methoxy groups -OCH3 is 1. The molecule has 0 saturated heterocycles. The lowest BCUT2D eigenvalue weighted by atomic mass is 10.0. The van der Waals surface area contributed by atoms with Crippen molar-refractivity contribution in [2.75, 3.05) is 13.7 Å². The molecule has 2 N–H and O–H groups in total. The predicted octanol–water partition coefficient (Wildman–Crippen LogP) is 3.60. The maximum atomic E-state index is 12.5. The molecule has 6 heteroatoms. The minimum absolute atomic E-state index is 0.195. The van der Waals surface area contributed by atoms with Crippen molar-refractivity contribution in [3.63, 3.8) is 0 Å². The van der Waals surface area contributed by atoms with E-state index in [1.54, 1.807) is 0 Å². The van der Waals surface area contributed by atoms with Gasteiger partial charge in [0, 0.05) is 23.5 Å². The topological polar surface area (TPSA) is 80.4 Å². The second-order valence-corrected chi connectivity index (χ2v) is 7.00. The molecule has 30 heavy (non-hydrogen) atoms. The molecule has 1 unspecified atom stereocenters. The molecule has 0 aliphatic rings. The lowest BCUT2D eigenvalue weighted by molar-refractivity contribution is -0.145. The normalized spacial score (nSPS) is 11.9. The molecule has 1 amide bonds. The van der Waals surface area contributed by atoms with Crippen LogP contribution in [0.25, 0.3) is 21.7 Å². The van der Waals surface area contributed by atoms with E-state index in [0.717, 1.165) is 27.2 Å². The standard InChI is InChI=1S/C24H22N2O4/c1-29-24(28)22(13-18-14-25-21-9-5-4-8-20(18)21)26-23(27)15-30-19-11-10-16-6-2-3-7-17(16)12-19/h2-12,14,22,25H,13,15H2,1H3,(H,26,27). The number of aromatic amines is 1. The summed E-state index contributed by atoms with van der Waals surface area (Å²) in [5.74, 6) is -0.298. The molecular weight excluding hydrogens is 380 g/mol. The average molecular weight is 402 g/mol. The van der Waals surface area contributed by atoms with Gasteiger partial charge in [-0.05, 0) is 34.5 Å². The van der Waals surface area contributed by atoms with Gasteiger partial charge in [-0.2, -0.15) is 0 Å². The van der Waals surface area contributed by atoms with Crippen LogP contribution < -0.4 is 10.1 Å². The summed E-state index contributed by atoms with van der Waals surface area (Å²) in [5, 5.41) is 5.86. The molecule has 0 spiro atoms. The second kappa shape index (κ2) is 8.69. The molecule has 1 heterocycles. The zero-order valence-electron chi connectivity index (χ0n) is 16.6. The average Bonchev–Trinajstić information content (AvgIpc) is 3.19. The molecular formula is C24H22N2O4. The Balaban J connectivity index is 1.42. The lowest BCUT2D eigenvalue weighted by Gasteiger charge is -2.16. The number of ether oxygens (including phenoxy) is 2. The summed E-state index contributed by atoms with van der Waals surface area (Å²) in [7, 11) is 1.31. The van der Waals surface area contributed by atoms with Crippen LogP contribution in [0.3, 0.4) is 0 Å². The van der Waals surface area contributed by atoms with Gasteiger partial charge in [0.2, 0.25) is 0 Å². The van der Waals surface area contributed by atoms with E-state index in [0.29, 0.717) is 12.2 Å². The maximum absolute atomic E-state index is 12.5. The molecule has 0 fully saturated rings. The van der Waals surface area contributed by atoms with Gasteiger partial charge in [0.25, 0.3) is 5.91 Å². The first-order valence-electron chi connectivity index (χ1n) is 9.68. The van der Waals surface area contributed by atoms with Crippen molar-refractivity contribution in [3.8, 4) is 5.75 Å². The maximum Gasteiger partial charge on any atom is 0.328 e. The van der Waals surface area contributed by atoms with Gasteiger partial charge in [0.05, 0.1) is 7.11 Å². The van der Waals surface area contributed by atoms with Gasteiger partial charge in [-0.1, -0.05) is 48.5 Å². The zero-order chi connectivity index (χ0) is 20.9. The quantitative estimate of drug-likeness (QED) is 0.463. The Morgan fingerprint density at radius 1 is 1.00 bits per heavy atom. The first-order chi connectivity index (χ1) is 14.6. The molecule has 4 rings (SSSR count). The van der Waals surface area contributed by atoms with E-state index in [2.05, 4.69) is 10.3 Å². The number of benzene rings is 3. The van der Waals surface area contributed by atoms with Gasteiger partial charge in [-0.3, -0.25) is 4.79 Å². The van der Waals surface area contributed by atoms with Crippen molar-refractivity contribution in [1.29, 1.82) is 0 Å². The lowest BCUT2D eigenvalue weighted by Crippen LogP contribution is -2.44. The fraction of sp³-hybridized carbons (Fsp3) is 0.167. The third-order valence-corrected chi connectivity index (χ3v) is 5.01. The number of hydrogen-bond acceptors (Lipinski definition) is 4. The van der Waals surface area contributed by atoms with E-state index in [-0.39, 0.29) is 6.61 Å². The molecule has 1 aromatic heterocycles. The fourth-order valence-corrected chi connectivity index (χ4v) is 3.50. The Labute approximate surface area is 173 Å². The summed E-state index contributed by atoms with van der Waals surface area (Å²) in [6.45, 7) is -0.195. The molecule has 152 valence electrons. The van der Waals surface area contributed by atoms with Crippen LogP contribution in [0.5, 0.6) is 5.75 Å². The molecule has 0 aliphatic carbocycles. The van der Waals surface area contributed by atoms with Gasteiger partial charge in [0.1, 0.15) is 11.8 Å². The number of H-pyrrole nitrogens is 1. The highest BCUT2D eigenvalue weighted by Gasteiger charge is 2.23. The van der Waals surface area contributed by atoms with Crippen molar-refractivity contribution >= 4 is 33.6 Å². The Kier molecular flexibility index (Phi) is 5.66. The highest BCUT2D eigenvalue weighted by atomic mass is 16.5. The van der Waals surface area contributed by atoms with Crippen LogP contribution in [0.15, 0.2) is 72.9 Å². The van der Waals surface area contributed by atoms with E-state index in [9.17, 15) is 9.59 Å². The van der Waals surface area contributed by atoms with Crippen LogP contribution >= 0.6 is 0 Å². The van der Waals surface area contributed by atoms with Crippen molar-refractivity contribution in [3.05, 3.63) is 78.5 Å². The molecule has 0 bridgehead atoms. The Morgan fingerprint density at radius 3 is 2.60 bits per heavy atom. The Morgan fingerprint density at radius 2 is 1.77 bits per heavy atom. The minimum atomic E-state index is -0.804. The molecule has 3 aromatic carbocycles. The number of esters is 1. The fourth-order valence-electron chi connectivity index (χ4n) is 3.50. The molecule has 4 aromatic rings. The summed E-state index contributed by atoms with van der Waals surface area (Å²) in [5.41, 5.74) is 1.90. The summed E-state index contributed by atoms with van der Waals surface area (Å²) in [4.78, 5) is 27.9. The van der Waals surface area contributed by atoms with Gasteiger partial charge >= 0.3 is 5.97 Å². The smallest absolute Gasteiger partial charge is 0.328 e. The van der Waals surface area contributed by atoms with Crippen LogP contribution in [0.2, 0.25) is 0 Å².